The van der Waals surface area contributed by atoms with Crippen LogP contribution in [0.15, 0.2) is 0 Å². The molecular formula is C24H41F3N6O2. The summed E-state index contributed by atoms with van der Waals surface area (Å²) in [6.45, 7) is 4.69. The number of carbonyl (C=O) groups excluding carboxylic acids is 1. The van der Waals surface area contributed by atoms with Gasteiger partial charge in [0, 0.05) is 25.1 Å². The standard InChI is InChI=1S/C24H41F3N6O2/c1-14(8-22-31-28-13-32(22)2)15-9-20(29-16-6-7-35-12-16)30-21(10-15)33-11-18-17(23(33)34)4-3-5-19(18)24(25,26)27/h14-22,28-31H,3-13H2,1-2H3/t14-,15?,16+,17?,18?,19?,20?,21?,22?/m1/s1. The largest absolute Gasteiger partial charge is 0.392 e. The first-order valence-corrected chi connectivity index (χ1v) is 13.4. The van der Waals surface area contributed by atoms with E-state index in [9.17, 15) is 18.0 Å². The molecule has 0 aromatic rings. The molecule has 11 heteroatoms. The van der Waals surface area contributed by atoms with Gasteiger partial charge in [-0.3, -0.25) is 20.3 Å². The van der Waals surface area contributed by atoms with Gasteiger partial charge in [-0.2, -0.15) is 13.2 Å². The lowest BCUT2D eigenvalue weighted by atomic mass is 9.73. The van der Waals surface area contributed by atoms with E-state index < -0.39 is 23.9 Å². The Kier molecular flexibility index (Phi) is 7.63. The highest BCUT2D eigenvalue weighted by molar-refractivity contribution is 5.82. The summed E-state index contributed by atoms with van der Waals surface area (Å²) in [5, 5.41) is 7.30. The Labute approximate surface area is 206 Å². The van der Waals surface area contributed by atoms with Gasteiger partial charge in [-0.05, 0) is 63.3 Å². The normalized spacial score (nSPS) is 42.0. The van der Waals surface area contributed by atoms with Crippen molar-refractivity contribution < 1.29 is 22.7 Å². The van der Waals surface area contributed by atoms with E-state index in [1.54, 1.807) is 4.90 Å². The Morgan fingerprint density at radius 1 is 1.23 bits per heavy atom. The van der Waals surface area contributed by atoms with E-state index in [-0.39, 0.29) is 43.4 Å². The lowest BCUT2D eigenvalue weighted by molar-refractivity contribution is -0.198. The summed E-state index contributed by atoms with van der Waals surface area (Å²) in [6, 6.07) is 0.264. The van der Waals surface area contributed by atoms with Crippen LogP contribution in [0.5, 0.6) is 0 Å². The second kappa shape index (κ2) is 10.4. The van der Waals surface area contributed by atoms with Gasteiger partial charge in [0.1, 0.15) is 0 Å². The topological polar surface area (TPSA) is 80.9 Å². The zero-order chi connectivity index (χ0) is 24.7. The highest BCUT2D eigenvalue weighted by Gasteiger charge is 2.56. The fraction of sp³-hybridized carbons (Fsp3) is 0.958. The number of amides is 1. The van der Waals surface area contributed by atoms with Crippen LogP contribution in [0.3, 0.4) is 0 Å². The van der Waals surface area contributed by atoms with Crippen LogP contribution in [0.25, 0.3) is 0 Å². The zero-order valence-corrected chi connectivity index (χ0v) is 20.8. The van der Waals surface area contributed by atoms with Gasteiger partial charge < -0.3 is 9.64 Å². The van der Waals surface area contributed by atoms with Gasteiger partial charge in [0.2, 0.25) is 5.91 Å². The van der Waals surface area contributed by atoms with Crippen molar-refractivity contribution in [2.45, 2.75) is 82.6 Å². The van der Waals surface area contributed by atoms with Crippen LogP contribution in [0.1, 0.15) is 51.9 Å². The number of hydrazine groups is 1. The van der Waals surface area contributed by atoms with E-state index in [0.717, 1.165) is 39.0 Å². The molecule has 0 aromatic heterocycles. The SMILES string of the molecule is C[C@H](CC1NNCN1C)C1CC(N[C@H]2CCOC2)NC(N2CC3C(CCCC3C(F)(F)F)C2=O)C1. The van der Waals surface area contributed by atoms with Crippen LogP contribution >= 0.6 is 0 Å². The van der Waals surface area contributed by atoms with Gasteiger partial charge in [-0.25, -0.2) is 10.9 Å². The van der Waals surface area contributed by atoms with Crippen molar-refractivity contribution in [1.82, 2.24) is 31.3 Å². The number of carbonyl (C=O) groups is 1. The molecule has 4 N–H and O–H groups in total. The molecule has 8 nitrogen and oxygen atoms in total. The summed E-state index contributed by atoms with van der Waals surface area (Å²) in [4.78, 5) is 17.4. The van der Waals surface area contributed by atoms with E-state index in [0.29, 0.717) is 31.3 Å². The van der Waals surface area contributed by atoms with E-state index >= 15 is 0 Å². The average Bonchev–Trinajstić information content (AvgIpc) is 3.54. The van der Waals surface area contributed by atoms with Crippen molar-refractivity contribution in [3.8, 4) is 0 Å². The Bertz CT molecular complexity index is 751. The van der Waals surface area contributed by atoms with E-state index in [1.807, 2.05) is 0 Å². The van der Waals surface area contributed by atoms with Gasteiger partial charge in [0.15, 0.2) is 0 Å². The molecule has 1 amide bonds. The summed E-state index contributed by atoms with van der Waals surface area (Å²) >= 11 is 0. The maximum Gasteiger partial charge on any atom is 0.392 e. The molecule has 1 saturated carbocycles. The number of halogens is 3. The monoisotopic (exact) mass is 502 g/mol. The minimum absolute atomic E-state index is 0.00846. The van der Waals surface area contributed by atoms with Crippen molar-refractivity contribution in [2.75, 3.05) is 33.5 Å². The molecule has 0 spiro atoms. The van der Waals surface area contributed by atoms with Gasteiger partial charge >= 0.3 is 6.18 Å². The fourth-order valence-corrected chi connectivity index (χ4v) is 7.14. The van der Waals surface area contributed by atoms with Gasteiger partial charge in [0.05, 0.1) is 37.7 Å². The molecule has 4 aliphatic heterocycles. The number of piperidine rings is 1. The second-order valence-corrected chi connectivity index (χ2v) is 11.5. The molecule has 1 aliphatic carbocycles. The molecule has 7 unspecified atom stereocenters. The summed E-state index contributed by atoms with van der Waals surface area (Å²) in [7, 11) is 2.09. The maximum atomic E-state index is 13.8. The summed E-state index contributed by atoms with van der Waals surface area (Å²) in [6.07, 6.45) is 0.590. The molecule has 0 radical (unpaired) electrons. The number of alkyl halides is 3. The summed E-state index contributed by atoms with van der Waals surface area (Å²) in [5.41, 5.74) is 6.51. The first kappa shape index (κ1) is 25.7. The van der Waals surface area contributed by atoms with Crippen LogP contribution in [0.4, 0.5) is 13.2 Å². The number of likely N-dealkylation sites (tertiary alicyclic amines) is 1. The predicted molar refractivity (Wildman–Crippen MR) is 124 cm³/mol. The summed E-state index contributed by atoms with van der Waals surface area (Å²) in [5.74, 6) is -1.81. The molecule has 5 aliphatic rings. The maximum absolute atomic E-state index is 13.8. The lowest BCUT2D eigenvalue weighted by Crippen LogP contribution is -2.61. The highest BCUT2D eigenvalue weighted by atomic mass is 19.4. The Balaban J connectivity index is 1.31. The third kappa shape index (κ3) is 5.50. The molecule has 5 fully saturated rings. The van der Waals surface area contributed by atoms with Crippen LogP contribution in [0, 0.1) is 29.6 Å². The molecule has 4 saturated heterocycles. The third-order valence-electron chi connectivity index (χ3n) is 9.22. The van der Waals surface area contributed by atoms with Crippen molar-refractivity contribution in [3.63, 3.8) is 0 Å². The quantitative estimate of drug-likeness (QED) is 0.441. The van der Waals surface area contributed by atoms with Crippen molar-refractivity contribution in [1.29, 1.82) is 0 Å². The number of nitrogens with zero attached hydrogens (tertiary/aromatic N) is 2. The molecule has 4 heterocycles. The first-order valence-electron chi connectivity index (χ1n) is 13.4. The van der Waals surface area contributed by atoms with Crippen LogP contribution in [-0.2, 0) is 9.53 Å². The molecule has 35 heavy (non-hydrogen) atoms. The Hall–Kier alpha value is -0.980. The fourth-order valence-electron chi connectivity index (χ4n) is 7.14. The first-order chi connectivity index (χ1) is 16.7. The molecule has 0 aromatic carbocycles. The van der Waals surface area contributed by atoms with Crippen molar-refractivity contribution in [2.24, 2.45) is 29.6 Å². The van der Waals surface area contributed by atoms with E-state index in [1.165, 1.54) is 0 Å². The number of hydrogen-bond donors (Lipinski definition) is 4. The number of rotatable bonds is 6. The lowest BCUT2D eigenvalue weighted by Gasteiger charge is -2.44. The van der Waals surface area contributed by atoms with Gasteiger partial charge in [0.25, 0.3) is 0 Å². The number of ether oxygens (including phenoxy) is 1. The molecular weight excluding hydrogens is 461 g/mol. The Morgan fingerprint density at radius 3 is 2.74 bits per heavy atom. The number of nitrogens with one attached hydrogen (secondary N) is 4. The zero-order valence-electron chi connectivity index (χ0n) is 20.8. The van der Waals surface area contributed by atoms with Crippen molar-refractivity contribution in [3.05, 3.63) is 0 Å². The predicted octanol–water partition coefficient (Wildman–Crippen LogP) is 1.80. The van der Waals surface area contributed by atoms with Crippen LogP contribution in [0.2, 0.25) is 0 Å². The van der Waals surface area contributed by atoms with Gasteiger partial charge in [-0.1, -0.05) is 13.3 Å². The minimum atomic E-state index is -4.24. The van der Waals surface area contributed by atoms with Crippen LogP contribution < -0.4 is 21.5 Å². The van der Waals surface area contributed by atoms with Crippen LogP contribution in [-0.4, -0.2) is 79.9 Å². The third-order valence-corrected chi connectivity index (χ3v) is 9.22. The Morgan fingerprint density at radius 2 is 2.06 bits per heavy atom. The summed E-state index contributed by atoms with van der Waals surface area (Å²) < 4.78 is 46.9. The minimum Gasteiger partial charge on any atom is -0.380 e. The molecule has 200 valence electrons. The van der Waals surface area contributed by atoms with Gasteiger partial charge in [-0.15, -0.1) is 0 Å². The molecule has 0 bridgehead atoms. The highest BCUT2D eigenvalue weighted by Crippen LogP contribution is 2.48. The van der Waals surface area contributed by atoms with E-state index in [2.05, 4.69) is 40.4 Å². The number of hydrogen-bond acceptors (Lipinski definition) is 7. The molecule has 9 atom stereocenters. The van der Waals surface area contributed by atoms with E-state index in [4.69, 9.17) is 4.74 Å². The average molecular weight is 503 g/mol. The second-order valence-electron chi connectivity index (χ2n) is 11.5. The van der Waals surface area contributed by atoms with Crippen molar-refractivity contribution >= 4 is 5.91 Å². The number of fused-ring (bicyclic) bond motifs is 1. The molecule has 5 rings (SSSR count). The smallest absolute Gasteiger partial charge is 0.380 e.